The van der Waals surface area contributed by atoms with Gasteiger partial charge >= 0.3 is 0 Å². The number of hydrazone groups is 1. The Hall–Kier alpha value is -2.91. The fourth-order valence-electron chi connectivity index (χ4n) is 5.13. The van der Waals surface area contributed by atoms with Crippen LogP contribution in [0, 0.1) is 5.82 Å². The molecule has 2 N–H and O–H groups in total. The number of hydrogen-bond acceptors (Lipinski definition) is 6. The van der Waals surface area contributed by atoms with Crippen molar-refractivity contribution in [3.8, 4) is 0 Å². The van der Waals surface area contributed by atoms with Crippen LogP contribution >= 0.6 is 11.8 Å². The van der Waals surface area contributed by atoms with Gasteiger partial charge in [-0.3, -0.25) is 19.5 Å². The van der Waals surface area contributed by atoms with Crippen LogP contribution in [0.4, 0.5) is 10.1 Å². The lowest BCUT2D eigenvalue weighted by Gasteiger charge is -2.27. The number of carbonyl (C=O) groups is 2. The second kappa shape index (κ2) is 11.0. The molecular formula is C27H32FN5O2S. The normalized spacial score (nSPS) is 22.8. The van der Waals surface area contributed by atoms with E-state index in [1.807, 2.05) is 12.1 Å². The zero-order valence-corrected chi connectivity index (χ0v) is 21.1. The van der Waals surface area contributed by atoms with Crippen molar-refractivity contribution < 1.29 is 14.0 Å². The van der Waals surface area contributed by atoms with E-state index in [9.17, 15) is 14.0 Å². The van der Waals surface area contributed by atoms with Crippen molar-refractivity contribution in [2.24, 2.45) is 10.8 Å². The minimum atomic E-state index is -0.627. The predicted molar refractivity (Wildman–Crippen MR) is 141 cm³/mol. The van der Waals surface area contributed by atoms with Crippen LogP contribution in [0.1, 0.15) is 43.2 Å². The molecule has 2 atom stereocenters. The van der Waals surface area contributed by atoms with Gasteiger partial charge in [0.15, 0.2) is 5.37 Å². The number of primary amides is 1. The van der Waals surface area contributed by atoms with Gasteiger partial charge in [0.05, 0.1) is 17.5 Å². The van der Waals surface area contributed by atoms with Crippen molar-refractivity contribution >= 4 is 34.3 Å². The Bertz CT molecular complexity index is 1120. The topological polar surface area (TPSA) is 82.2 Å². The number of aryl methyl sites for hydroxylation is 1. The first-order chi connectivity index (χ1) is 17.5. The van der Waals surface area contributed by atoms with Crippen LogP contribution in [-0.4, -0.2) is 57.8 Å². The maximum atomic E-state index is 13.2. The van der Waals surface area contributed by atoms with Crippen molar-refractivity contribution in [1.29, 1.82) is 0 Å². The molecule has 5 rings (SSSR count). The first-order valence-electron chi connectivity index (χ1n) is 12.6. The molecule has 0 aromatic heterocycles. The van der Waals surface area contributed by atoms with Crippen LogP contribution < -0.4 is 10.6 Å². The van der Waals surface area contributed by atoms with Crippen molar-refractivity contribution in [3.05, 3.63) is 65.5 Å². The number of thioether (sulfide) groups is 1. The molecule has 2 aromatic rings. The average Bonchev–Trinajstić information content (AvgIpc) is 3.49. The number of likely N-dealkylation sites (tertiary alicyclic amines) is 1. The first-order valence-corrected chi connectivity index (χ1v) is 13.5. The number of hydrogen-bond donors (Lipinski definition) is 1. The van der Waals surface area contributed by atoms with Crippen LogP contribution in [0.15, 0.2) is 53.6 Å². The van der Waals surface area contributed by atoms with Gasteiger partial charge in [-0.05, 0) is 67.7 Å². The maximum Gasteiger partial charge on any atom is 0.252 e. The highest BCUT2D eigenvalue weighted by Crippen LogP contribution is 2.34. The highest BCUT2D eigenvalue weighted by Gasteiger charge is 2.42. The standard InChI is InChI=1S/C27H32FN5O2S/c28-21-9-4-19(5-10-21)8-13-24-30-33(27(36-24)26(29)35)23-16-25(34)32(18-23)22-11-6-20(7-12-22)17-31-14-2-1-3-15-31/h4-7,9-12,23,27H,1-3,8,13-18H2,(H2,29,35). The number of rotatable bonds is 8. The smallest absolute Gasteiger partial charge is 0.252 e. The summed E-state index contributed by atoms with van der Waals surface area (Å²) in [4.78, 5) is 29.4. The number of benzene rings is 2. The van der Waals surface area contributed by atoms with E-state index in [0.717, 1.165) is 35.9 Å². The fraction of sp³-hybridized carbons (Fsp3) is 0.444. The van der Waals surface area contributed by atoms with Gasteiger partial charge in [0.2, 0.25) is 5.91 Å². The number of anilines is 1. The zero-order valence-electron chi connectivity index (χ0n) is 20.3. The Balaban J connectivity index is 1.22. The monoisotopic (exact) mass is 509 g/mol. The van der Waals surface area contributed by atoms with Crippen molar-refractivity contribution in [2.45, 2.75) is 56.5 Å². The molecule has 3 heterocycles. The summed E-state index contributed by atoms with van der Waals surface area (Å²) in [5.41, 5.74) is 8.82. The molecule has 3 aliphatic rings. The van der Waals surface area contributed by atoms with Crippen LogP contribution in [0.5, 0.6) is 0 Å². The highest BCUT2D eigenvalue weighted by atomic mass is 32.2. The Morgan fingerprint density at radius 3 is 2.39 bits per heavy atom. The molecule has 0 aliphatic carbocycles. The lowest BCUT2D eigenvalue weighted by Crippen LogP contribution is -2.44. The second-order valence-corrected chi connectivity index (χ2v) is 10.9. The molecule has 0 bridgehead atoms. The number of halogens is 1. The molecule has 2 amide bonds. The van der Waals surface area contributed by atoms with E-state index in [2.05, 4.69) is 17.0 Å². The molecule has 3 aliphatic heterocycles. The third-order valence-electron chi connectivity index (χ3n) is 7.08. The molecule has 2 unspecified atom stereocenters. The molecule has 2 fully saturated rings. The van der Waals surface area contributed by atoms with E-state index in [-0.39, 0.29) is 24.2 Å². The molecule has 36 heavy (non-hydrogen) atoms. The molecule has 9 heteroatoms. The Morgan fingerprint density at radius 1 is 1.00 bits per heavy atom. The minimum Gasteiger partial charge on any atom is -0.367 e. The molecule has 0 saturated carbocycles. The maximum absolute atomic E-state index is 13.2. The van der Waals surface area contributed by atoms with Gasteiger partial charge in [0.1, 0.15) is 5.82 Å². The Kier molecular flexibility index (Phi) is 7.57. The summed E-state index contributed by atoms with van der Waals surface area (Å²) in [5.74, 6) is -0.709. The SMILES string of the molecule is NC(=O)C1SC(CCc2ccc(F)cc2)=NN1C1CC(=O)N(c2ccc(CN3CCCCC3)cc2)C1. The van der Waals surface area contributed by atoms with Gasteiger partial charge in [-0.1, -0.05) is 42.4 Å². The highest BCUT2D eigenvalue weighted by molar-refractivity contribution is 8.15. The van der Waals surface area contributed by atoms with E-state index in [4.69, 9.17) is 10.8 Å². The lowest BCUT2D eigenvalue weighted by atomic mass is 10.1. The van der Waals surface area contributed by atoms with Crippen molar-refractivity contribution in [2.75, 3.05) is 24.5 Å². The molecule has 0 radical (unpaired) electrons. The second-order valence-electron chi connectivity index (χ2n) is 9.74. The van der Waals surface area contributed by atoms with Crippen molar-refractivity contribution in [3.63, 3.8) is 0 Å². The molecule has 190 valence electrons. The number of carbonyl (C=O) groups excluding carboxylic acids is 2. The molecule has 7 nitrogen and oxygen atoms in total. The average molecular weight is 510 g/mol. The molecule has 0 spiro atoms. The van der Waals surface area contributed by atoms with Crippen LogP contribution in [0.2, 0.25) is 0 Å². The summed E-state index contributed by atoms with van der Waals surface area (Å²) in [6.45, 7) is 3.70. The summed E-state index contributed by atoms with van der Waals surface area (Å²) >= 11 is 1.35. The van der Waals surface area contributed by atoms with Crippen LogP contribution in [0.25, 0.3) is 0 Å². The van der Waals surface area contributed by atoms with Gasteiger partial charge in [-0.25, -0.2) is 4.39 Å². The lowest BCUT2D eigenvalue weighted by molar-refractivity contribution is -0.121. The molecule has 2 saturated heterocycles. The van der Waals surface area contributed by atoms with Gasteiger partial charge in [-0.2, -0.15) is 5.10 Å². The first kappa shape index (κ1) is 24.8. The predicted octanol–water partition coefficient (Wildman–Crippen LogP) is 3.72. The van der Waals surface area contributed by atoms with Gasteiger partial charge in [0.25, 0.3) is 5.91 Å². The summed E-state index contributed by atoms with van der Waals surface area (Å²) < 4.78 is 13.2. The van der Waals surface area contributed by atoms with E-state index in [1.165, 1.54) is 48.7 Å². The number of amides is 2. The number of nitrogens with two attached hydrogens (primary N) is 1. The van der Waals surface area contributed by atoms with E-state index < -0.39 is 11.3 Å². The Labute approximate surface area is 215 Å². The Morgan fingerprint density at radius 2 is 1.69 bits per heavy atom. The summed E-state index contributed by atoms with van der Waals surface area (Å²) in [6, 6.07) is 14.4. The quantitative estimate of drug-likeness (QED) is 0.587. The number of nitrogens with zero attached hydrogens (tertiary/aromatic N) is 4. The zero-order chi connectivity index (χ0) is 25.1. The largest absolute Gasteiger partial charge is 0.367 e. The third kappa shape index (κ3) is 5.73. The fourth-order valence-corrected chi connectivity index (χ4v) is 6.20. The summed E-state index contributed by atoms with van der Waals surface area (Å²) in [7, 11) is 0. The van der Waals surface area contributed by atoms with E-state index in [0.29, 0.717) is 19.4 Å². The molecular weight excluding hydrogens is 477 g/mol. The summed E-state index contributed by atoms with van der Waals surface area (Å²) in [6.07, 6.45) is 5.44. The summed E-state index contributed by atoms with van der Waals surface area (Å²) in [5, 5.41) is 6.59. The third-order valence-corrected chi connectivity index (χ3v) is 8.31. The minimum absolute atomic E-state index is 0.0203. The van der Waals surface area contributed by atoms with Crippen LogP contribution in [-0.2, 0) is 22.6 Å². The van der Waals surface area contributed by atoms with Crippen LogP contribution in [0.3, 0.4) is 0 Å². The number of piperidine rings is 1. The van der Waals surface area contributed by atoms with Gasteiger partial charge in [0, 0.05) is 25.2 Å². The van der Waals surface area contributed by atoms with Crippen molar-refractivity contribution in [1.82, 2.24) is 9.91 Å². The van der Waals surface area contributed by atoms with Gasteiger partial charge < -0.3 is 10.6 Å². The van der Waals surface area contributed by atoms with E-state index >= 15 is 0 Å². The van der Waals surface area contributed by atoms with Gasteiger partial charge in [-0.15, -0.1) is 0 Å². The molecule has 2 aromatic carbocycles. The van der Waals surface area contributed by atoms with E-state index in [1.54, 1.807) is 22.0 Å².